The van der Waals surface area contributed by atoms with Crippen LogP contribution in [-0.2, 0) is 4.74 Å². The van der Waals surface area contributed by atoms with Crippen LogP contribution in [0, 0.1) is 0 Å². The van der Waals surface area contributed by atoms with Gasteiger partial charge in [0.25, 0.3) is 5.56 Å². The van der Waals surface area contributed by atoms with Crippen molar-refractivity contribution in [3.8, 4) is 28.5 Å². The van der Waals surface area contributed by atoms with Crippen LogP contribution in [-0.4, -0.2) is 49.1 Å². The number of halogens is 1. The molecule has 8 nitrogen and oxygen atoms in total. The standard InChI is InChI=1S/C20H20ClNO7/c1-9-11-8-28-13-7-14(27-5-3-4-26-2)12(21)6-10(13)17-15(11)18(29-9)16(20(24)25)19(23)22-17/h6-7,9,11H,3-5,8H2,1-2H3,(H,22,23)(H,24,25)/t9?,11-/m0/s1. The molecular weight excluding hydrogens is 402 g/mol. The lowest BCUT2D eigenvalue weighted by atomic mass is 9.92. The lowest BCUT2D eigenvalue weighted by molar-refractivity contribution is 0.0689. The third-order valence-corrected chi connectivity index (χ3v) is 5.43. The molecule has 0 bridgehead atoms. The van der Waals surface area contributed by atoms with Crippen molar-refractivity contribution in [1.29, 1.82) is 0 Å². The van der Waals surface area contributed by atoms with Crippen molar-refractivity contribution in [3.05, 3.63) is 38.6 Å². The smallest absolute Gasteiger partial charge is 0.345 e. The van der Waals surface area contributed by atoms with Crippen LogP contribution in [0.4, 0.5) is 0 Å². The van der Waals surface area contributed by atoms with Crippen molar-refractivity contribution >= 4 is 17.6 Å². The normalized spacial score (nSPS) is 18.9. The van der Waals surface area contributed by atoms with Crippen LogP contribution in [0.2, 0.25) is 5.02 Å². The Morgan fingerprint density at radius 2 is 2.17 bits per heavy atom. The molecule has 0 aliphatic carbocycles. The van der Waals surface area contributed by atoms with Crippen LogP contribution < -0.4 is 19.8 Å². The van der Waals surface area contributed by atoms with Gasteiger partial charge in [-0.25, -0.2) is 4.79 Å². The number of aromatic amines is 1. The van der Waals surface area contributed by atoms with E-state index in [1.807, 2.05) is 6.92 Å². The number of aromatic carboxylic acids is 1. The second-order valence-corrected chi connectivity index (χ2v) is 7.37. The molecule has 0 amide bonds. The third-order valence-electron chi connectivity index (χ3n) is 5.13. The van der Waals surface area contributed by atoms with Crippen molar-refractivity contribution in [3.63, 3.8) is 0 Å². The second-order valence-electron chi connectivity index (χ2n) is 6.97. The van der Waals surface area contributed by atoms with E-state index >= 15 is 0 Å². The maximum Gasteiger partial charge on any atom is 0.345 e. The lowest BCUT2D eigenvalue weighted by Crippen LogP contribution is -2.20. The Labute approximate surface area is 171 Å². The minimum absolute atomic E-state index is 0.0983. The van der Waals surface area contributed by atoms with Gasteiger partial charge in [-0.15, -0.1) is 0 Å². The number of ether oxygens (including phenoxy) is 4. The van der Waals surface area contributed by atoms with Gasteiger partial charge in [0.1, 0.15) is 23.4 Å². The van der Waals surface area contributed by atoms with E-state index < -0.39 is 17.1 Å². The van der Waals surface area contributed by atoms with E-state index in [2.05, 4.69) is 4.98 Å². The fraction of sp³-hybridized carbons (Fsp3) is 0.400. The average molecular weight is 422 g/mol. The zero-order valence-electron chi connectivity index (χ0n) is 15.9. The molecule has 2 aromatic rings. The summed E-state index contributed by atoms with van der Waals surface area (Å²) in [6, 6.07) is 3.34. The Balaban J connectivity index is 1.82. The molecule has 1 aromatic heterocycles. The summed E-state index contributed by atoms with van der Waals surface area (Å²) in [5.74, 6) is -0.500. The zero-order chi connectivity index (χ0) is 20.7. The van der Waals surface area contributed by atoms with Gasteiger partial charge in [-0.2, -0.15) is 0 Å². The molecule has 2 N–H and O–H groups in total. The monoisotopic (exact) mass is 421 g/mol. The summed E-state index contributed by atoms with van der Waals surface area (Å²) in [4.78, 5) is 26.8. The molecule has 2 aliphatic rings. The Kier molecular flexibility index (Phi) is 5.14. The summed E-state index contributed by atoms with van der Waals surface area (Å²) in [6.07, 6.45) is 0.366. The summed E-state index contributed by atoms with van der Waals surface area (Å²) >= 11 is 6.41. The predicted octanol–water partition coefficient (Wildman–Crippen LogP) is 3.07. The number of carbonyl (C=O) groups is 1. The summed E-state index contributed by atoms with van der Waals surface area (Å²) in [7, 11) is 1.62. The molecule has 4 rings (SSSR count). The number of hydrogen-bond donors (Lipinski definition) is 2. The highest BCUT2D eigenvalue weighted by Gasteiger charge is 2.41. The van der Waals surface area contributed by atoms with Crippen LogP contribution >= 0.6 is 11.6 Å². The minimum Gasteiger partial charge on any atom is -0.492 e. The molecule has 1 aromatic carbocycles. The van der Waals surface area contributed by atoms with E-state index in [1.54, 1.807) is 19.2 Å². The van der Waals surface area contributed by atoms with Crippen molar-refractivity contribution in [2.24, 2.45) is 0 Å². The number of rotatable bonds is 6. The van der Waals surface area contributed by atoms with Crippen molar-refractivity contribution in [1.82, 2.24) is 4.98 Å². The summed E-state index contributed by atoms with van der Waals surface area (Å²) in [5, 5.41) is 9.83. The minimum atomic E-state index is -1.33. The van der Waals surface area contributed by atoms with E-state index in [0.29, 0.717) is 53.0 Å². The van der Waals surface area contributed by atoms with Gasteiger partial charge in [0.05, 0.1) is 29.8 Å². The number of carboxylic acids is 1. The van der Waals surface area contributed by atoms with Crippen LogP contribution in [0.1, 0.15) is 35.2 Å². The number of benzene rings is 1. The zero-order valence-corrected chi connectivity index (χ0v) is 16.7. The summed E-state index contributed by atoms with van der Waals surface area (Å²) < 4.78 is 22.5. The molecule has 9 heteroatoms. The molecule has 0 saturated carbocycles. The predicted molar refractivity (Wildman–Crippen MR) is 105 cm³/mol. The van der Waals surface area contributed by atoms with E-state index in [4.69, 9.17) is 30.5 Å². The number of fused-ring (bicyclic) bond motifs is 2. The maximum absolute atomic E-state index is 12.5. The van der Waals surface area contributed by atoms with Crippen LogP contribution in [0.25, 0.3) is 11.3 Å². The molecule has 0 spiro atoms. The summed E-state index contributed by atoms with van der Waals surface area (Å²) in [5.41, 5.74) is 0.515. The molecule has 1 unspecified atom stereocenters. The molecule has 154 valence electrons. The third kappa shape index (κ3) is 3.32. The quantitative estimate of drug-likeness (QED) is 0.690. The van der Waals surface area contributed by atoms with Crippen molar-refractivity contribution in [2.45, 2.75) is 25.4 Å². The van der Waals surface area contributed by atoms with Gasteiger partial charge in [-0.05, 0) is 13.0 Å². The number of H-pyrrole nitrogens is 1. The van der Waals surface area contributed by atoms with Gasteiger partial charge in [-0.3, -0.25) is 4.79 Å². The highest BCUT2D eigenvalue weighted by molar-refractivity contribution is 6.32. The molecule has 0 radical (unpaired) electrons. The van der Waals surface area contributed by atoms with Gasteiger partial charge < -0.3 is 29.0 Å². The van der Waals surface area contributed by atoms with E-state index in [-0.39, 0.29) is 24.4 Å². The molecular formula is C20H20ClNO7. The fourth-order valence-corrected chi connectivity index (χ4v) is 3.94. The Morgan fingerprint density at radius 3 is 2.90 bits per heavy atom. The SMILES string of the molecule is COCCCOc1cc2c(cc1Cl)-c1[nH]c(=O)c(C(=O)O)c3c1[C@@H](CO2)C(C)O3. The van der Waals surface area contributed by atoms with E-state index in [1.165, 1.54) is 0 Å². The molecule has 2 atom stereocenters. The number of pyridine rings is 1. The average Bonchev–Trinajstić information content (AvgIpc) is 2.90. The first-order valence-electron chi connectivity index (χ1n) is 9.21. The van der Waals surface area contributed by atoms with Crippen molar-refractivity contribution in [2.75, 3.05) is 26.9 Å². The van der Waals surface area contributed by atoms with E-state index in [9.17, 15) is 14.7 Å². The maximum atomic E-state index is 12.5. The molecule has 2 aliphatic heterocycles. The number of aromatic nitrogens is 1. The Bertz CT molecular complexity index is 1030. The lowest BCUT2D eigenvalue weighted by Gasteiger charge is -2.16. The highest BCUT2D eigenvalue weighted by atomic mass is 35.5. The largest absolute Gasteiger partial charge is 0.492 e. The number of carboxylic acid groups (broad SMARTS) is 1. The first kappa shape index (κ1) is 19.6. The fourth-order valence-electron chi connectivity index (χ4n) is 3.72. The van der Waals surface area contributed by atoms with Crippen LogP contribution in [0.3, 0.4) is 0 Å². The summed E-state index contributed by atoms with van der Waals surface area (Å²) in [6.45, 7) is 3.09. The van der Waals surface area contributed by atoms with Gasteiger partial charge in [0.2, 0.25) is 0 Å². The highest BCUT2D eigenvalue weighted by Crippen LogP contribution is 2.50. The first-order valence-corrected chi connectivity index (χ1v) is 9.58. The number of hydrogen-bond acceptors (Lipinski definition) is 6. The van der Waals surface area contributed by atoms with Gasteiger partial charge in [0.15, 0.2) is 5.56 Å². The number of methoxy groups -OCH3 is 1. The van der Waals surface area contributed by atoms with Crippen LogP contribution in [0.15, 0.2) is 16.9 Å². The van der Waals surface area contributed by atoms with Gasteiger partial charge >= 0.3 is 5.97 Å². The molecule has 0 saturated heterocycles. The Hall–Kier alpha value is -2.71. The van der Waals surface area contributed by atoms with Gasteiger partial charge in [-0.1, -0.05) is 11.6 Å². The molecule has 3 heterocycles. The van der Waals surface area contributed by atoms with Crippen molar-refractivity contribution < 1.29 is 28.8 Å². The molecule has 0 fully saturated rings. The number of nitrogens with one attached hydrogen (secondary N) is 1. The Morgan fingerprint density at radius 1 is 1.38 bits per heavy atom. The van der Waals surface area contributed by atoms with Crippen LogP contribution in [0.5, 0.6) is 17.2 Å². The second kappa shape index (κ2) is 7.61. The molecule has 29 heavy (non-hydrogen) atoms. The van der Waals surface area contributed by atoms with E-state index in [0.717, 1.165) is 0 Å². The first-order chi connectivity index (χ1) is 13.9. The topological polar surface area (TPSA) is 107 Å². The van der Waals surface area contributed by atoms with Gasteiger partial charge in [0, 0.05) is 37.3 Å².